The van der Waals surface area contributed by atoms with E-state index in [-0.39, 0.29) is 5.25 Å². The van der Waals surface area contributed by atoms with E-state index in [2.05, 4.69) is 10.3 Å². The summed E-state index contributed by atoms with van der Waals surface area (Å²) in [5.41, 5.74) is 1.80. The SMILES string of the molecule is CC(CNc1nc(-c2ccccc2Cl)cs1)S(C)=O. The van der Waals surface area contributed by atoms with Gasteiger partial charge in [-0.15, -0.1) is 11.3 Å². The van der Waals surface area contributed by atoms with E-state index in [0.29, 0.717) is 11.6 Å². The van der Waals surface area contributed by atoms with Crippen LogP contribution in [0.25, 0.3) is 11.3 Å². The van der Waals surface area contributed by atoms with Gasteiger partial charge in [-0.3, -0.25) is 4.21 Å². The quantitative estimate of drug-likeness (QED) is 0.916. The number of hydrogen-bond donors (Lipinski definition) is 1. The molecule has 1 aromatic carbocycles. The molecule has 1 N–H and O–H groups in total. The van der Waals surface area contributed by atoms with Gasteiger partial charge < -0.3 is 5.32 Å². The largest absolute Gasteiger partial charge is 0.360 e. The molecule has 0 bridgehead atoms. The van der Waals surface area contributed by atoms with Crippen molar-refractivity contribution in [3.05, 3.63) is 34.7 Å². The average molecular weight is 315 g/mol. The van der Waals surface area contributed by atoms with Crippen LogP contribution in [-0.2, 0) is 10.8 Å². The number of benzene rings is 1. The summed E-state index contributed by atoms with van der Waals surface area (Å²) in [6.45, 7) is 2.60. The van der Waals surface area contributed by atoms with Crippen molar-refractivity contribution >= 4 is 38.9 Å². The molecule has 0 aliphatic rings. The van der Waals surface area contributed by atoms with Crippen LogP contribution in [-0.4, -0.2) is 27.2 Å². The molecule has 0 radical (unpaired) electrons. The summed E-state index contributed by atoms with van der Waals surface area (Å²) in [6, 6.07) is 7.64. The summed E-state index contributed by atoms with van der Waals surface area (Å²) in [5, 5.41) is 6.80. The van der Waals surface area contributed by atoms with Crippen molar-refractivity contribution in [1.29, 1.82) is 0 Å². The van der Waals surface area contributed by atoms with E-state index >= 15 is 0 Å². The molecule has 0 aliphatic heterocycles. The Labute approximate surface area is 124 Å². The zero-order chi connectivity index (χ0) is 13.8. The molecule has 0 fully saturated rings. The van der Waals surface area contributed by atoms with E-state index < -0.39 is 10.8 Å². The van der Waals surface area contributed by atoms with Crippen LogP contribution in [0.3, 0.4) is 0 Å². The lowest BCUT2D eigenvalue weighted by Gasteiger charge is -2.08. The van der Waals surface area contributed by atoms with Crippen molar-refractivity contribution in [2.45, 2.75) is 12.2 Å². The van der Waals surface area contributed by atoms with E-state index in [1.54, 1.807) is 6.26 Å². The Kier molecular flexibility index (Phi) is 4.96. The Balaban J connectivity index is 2.08. The highest BCUT2D eigenvalue weighted by Crippen LogP contribution is 2.30. The van der Waals surface area contributed by atoms with Crippen LogP contribution in [0.1, 0.15) is 6.92 Å². The van der Waals surface area contributed by atoms with E-state index in [0.717, 1.165) is 16.4 Å². The van der Waals surface area contributed by atoms with Gasteiger partial charge in [0.25, 0.3) is 0 Å². The Hall–Kier alpha value is -0.910. The minimum Gasteiger partial charge on any atom is -0.360 e. The van der Waals surface area contributed by atoms with Gasteiger partial charge in [-0.25, -0.2) is 4.98 Å². The fourth-order valence-corrected chi connectivity index (χ4v) is 2.77. The highest BCUT2D eigenvalue weighted by molar-refractivity contribution is 7.84. The zero-order valence-corrected chi connectivity index (χ0v) is 13.1. The van der Waals surface area contributed by atoms with Gasteiger partial charge in [0.1, 0.15) is 0 Å². The topological polar surface area (TPSA) is 42.0 Å². The van der Waals surface area contributed by atoms with Crippen LogP contribution in [0.2, 0.25) is 5.02 Å². The number of aromatic nitrogens is 1. The first kappa shape index (κ1) is 14.5. The second-order valence-electron chi connectivity index (χ2n) is 4.21. The monoisotopic (exact) mass is 314 g/mol. The molecule has 2 unspecified atom stereocenters. The summed E-state index contributed by atoms with van der Waals surface area (Å²) in [5.74, 6) is 0. The minimum absolute atomic E-state index is 0.104. The first-order chi connectivity index (χ1) is 9.08. The minimum atomic E-state index is -0.824. The molecule has 0 amide bonds. The summed E-state index contributed by atoms with van der Waals surface area (Å²) in [4.78, 5) is 4.50. The maximum Gasteiger partial charge on any atom is 0.183 e. The molecular weight excluding hydrogens is 300 g/mol. The third-order valence-electron chi connectivity index (χ3n) is 2.76. The van der Waals surface area contributed by atoms with Gasteiger partial charge in [0.15, 0.2) is 5.13 Å². The number of nitrogens with zero attached hydrogens (tertiary/aromatic N) is 1. The predicted octanol–water partition coefficient (Wildman–Crippen LogP) is 3.64. The normalized spacial score (nSPS) is 14.1. The molecule has 102 valence electrons. The lowest BCUT2D eigenvalue weighted by atomic mass is 10.2. The van der Waals surface area contributed by atoms with E-state index in [1.165, 1.54) is 11.3 Å². The first-order valence-electron chi connectivity index (χ1n) is 5.84. The van der Waals surface area contributed by atoms with Crippen LogP contribution in [0.15, 0.2) is 29.6 Å². The fourth-order valence-electron chi connectivity index (χ4n) is 1.50. The van der Waals surface area contributed by atoms with Crippen molar-refractivity contribution < 1.29 is 4.21 Å². The molecule has 2 aromatic rings. The second-order valence-corrected chi connectivity index (χ2v) is 7.28. The molecule has 0 aliphatic carbocycles. The summed E-state index contributed by atoms with van der Waals surface area (Å²) < 4.78 is 11.3. The molecular formula is C13H15ClN2OS2. The van der Waals surface area contributed by atoms with Crippen LogP contribution in [0.5, 0.6) is 0 Å². The van der Waals surface area contributed by atoms with Crippen molar-refractivity contribution in [3.63, 3.8) is 0 Å². The highest BCUT2D eigenvalue weighted by atomic mass is 35.5. The molecule has 6 heteroatoms. The van der Waals surface area contributed by atoms with Crippen molar-refractivity contribution in [2.24, 2.45) is 0 Å². The Morgan fingerprint density at radius 2 is 2.21 bits per heavy atom. The molecule has 0 saturated heterocycles. The lowest BCUT2D eigenvalue weighted by molar-refractivity contribution is 0.679. The van der Waals surface area contributed by atoms with Crippen LogP contribution in [0, 0.1) is 0 Å². The number of thiazole rings is 1. The van der Waals surface area contributed by atoms with Crippen molar-refractivity contribution in [1.82, 2.24) is 4.98 Å². The molecule has 1 aromatic heterocycles. The van der Waals surface area contributed by atoms with E-state index in [9.17, 15) is 4.21 Å². The third-order valence-corrected chi connectivity index (χ3v) is 5.19. The number of rotatable bonds is 5. The standard InChI is InChI=1S/C13H15ClN2OS2/c1-9(19(2)17)7-15-13-16-12(8-18-13)10-5-3-4-6-11(10)14/h3-6,8-9H,7H2,1-2H3,(H,15,16). The maximum atomic E-state index is 11.3. The second kappa shape index (κ2) is 6.50. The van der Waals surface area contributed by atoms with Crippen LogP contribution >= 0.6 is 22.9 Å². The molecule has 0 saturated carbocycles. The van der Waals surface area contributed by atoms with Crippen molar-refractivity contribution in [2.75, 3.05) is 18.1 Å². The van der Waals surface area contributed by atoms with Crippen molar-refractivity contribution in [3.8, 4) is 11.3 Å². The van der Waals surface area contributed by atoms with E-state index in [1.807, 2.05) is 36.6 Å². The third kappa shape index (κ3) is 3.78. The molecule has 2 rings (SSSR count). The van der Waals surface area contributed by atoms with Gasteiger partial charge in [-0.2, -0.15) is 0 Å². The van der Waals surface area contributed by atoms with E-state index in [4.69, 9.17) is 11.6 Å². The number of hydrogen-bond acceptors (Lipinski definition) is 4. The Morgan fingerprint density at radius 3 is 2.89 bits per heavy atom. The average Bonchev–Trinajstić information content (AvgIpc) is 2.85. The lowest BCUT2D eigenvalue weighted by Crippen LogP contribution is -2.20. The number of nitrogens with one attached hydrogen (secondary N) is 1. The number of anilines is 1. The Bertz CT molecular complexity index is 586. The summed E-state index contributed by atoms with van der Waals surface area (Å²) in [7, 11) is -0.824. The molecule has 0 spiro atoms. The van der Waals surface area contributed by atoms with Gasteiger partial charge >= 0.3 is 0 Å². The van der Waals surface area contributed by atoms with Crippen LogP contribution < -0.4 is 5.32 Å². The molecule has 3 nitrogen and oxygen atoms in total. The summed E-state index contributed by atoms with van der Waals surface area (Å²) in [6.07, 6.45) is 1.71. The Morgan fingerprint density at radius 1 is 1.47 bits per heavy atom. The number of halogens is 1. The van der Waals surface area contributed by atoms with Gasteiger partial charge in [0.2, 0.25) is 0 Å². The van der Waals surface area contributed by atoms with Gasteiger partial charge in [0.05, 0.1) is 5.69 Å². The summed E-state index contributed by atoms with van der Waals surface area (Å²) >= 11 is 7.67. The van der Waals surface area contributed by atoms with Gasteiger partial charge in [0, 0.05) is 44.8 Å². The zero-order valence-electron chi connectivity index (χ0n) is 10.7. The smallest absolute Gasteiger partial charge is 0.183 e. The fraction of sp³-hybridized carbons (Fsp3) is 0.308. The van der Waals surface area contributed by atoms with Gasteiger partial charge in [-0.05, 0) is 13.0 Å². The molecule has 19 heavy (non-hydrogen) atoms. The first-order valence-corrected chi connectivity index (χ1v) is 8.72. The predicted molar refractivity (Wildman–Crippen MR) is 84.6 cm³/mol. The molecule has 2 atom stereocenters. The van der Waals surface area contributed by atoms with Gasteiger partial charge in [-0.1, -0.05) is 29.8 Å². The highest BCUT2D eigenvalue weighted by Gasteiger charge is 2.10. The van der Waals surface area contributed by atoms with Crippen LogP contribution in [0.4, 0.5) is 5.13 Å². The molecule has 1 heterocycles. The maximum absolute atomic E-state index is 11.3.